The fraction of sp³-hybridized carbons (Fsp3) is 0.409. The summed E-state index contributed by atoms with van der Waals surface area (Å²) in [4.78, 5) is 54.4. The lowest BCUT2D eigenvalue weighted by Gasteiger charge is -2.17. The quantitative estimate of drug-likeness (QED) is 0.0779. The van der Waals surface area contributed by atoms with Crippen LogP contribution in [0.2, 0.25) is 0 Å². The molecule has 302 valence electrons. The lowest BCUT2D eigenvalue weighted by Crippen LogP contribution is -2.29. The van der Waals surface area contributed by atoms with Gasteiger partial charge in [-0.15, -0.1) is 0 Å². The van der Waals surface area contributed by atoms with Crippen molar-refractivity contribution >= 4 is 41.2 Å². The van der Waals surface area contributed by atoms with Crippen molar-refractivity contribution in [1.29, 1.82) is 0 Å². The number of urea groups is 1. The number of carbonyl (C=O) groups excluding carboxylic acids is 2. The number of imide groups is 1. The van der Waals surface area contributed by atoms with Crippen molar-refractivity contribution in [3.8, 4) is 16.9 Å². The fourth-order valence-electron chi connectivity index (χ4n) is 8.98. The van der Waals surface area contributed by atoms with Crippen molar-refractivity contribution in [1.82, 2.24) is 34.8 Å². The number of hydrogen-bond acceptors (Lipinski definition) is 13. The standard InChI is InChI=1S/C44H48N12O3/c1-55-40(57)24-56(44(55)59)33-12-14-39(46-23-33)52-30-9-11-32(16-30)54-43-49-21-28(22-50-43)36-17-37(36)35-4-2-3-34(41(35)58)26-7-13-38(45-18-26)51-29-8-10-31(15-29)53-42-47-19-27(20-48-42)25-5-6-25/h2-4,7,12-14,18-23,25,29-32,36-37,58H,5-6,8-11,15-17,24H2,1H3,(H,45,51)(H,46,52)(H,47,48,53)(H,49,50,54)/t29-,30-,31-,32-,36?,37?/m0/s1. The second-order valence-electron chi connectivity index (χ2n) is 16.8. The van der Waals surface area contributed by atoms with Gasteiger partial charge < -0.3 is 26.4 Å². The molecule has 15 heteroatoms. The summed E-state index contributed by atoms with van der Waals surface area (Å²) in [5.74, 6) is 4.05. The van der Waals surface area contributed by atoms with Crippen LogP contribution < -0.4 is 26.2 Å². The van der Waals surface area contributed by atoms with Crippen molar-refractivity contribution in [2.75, 3.05) is 39.8 Å². The molecule has 3 amide bonds. The summed E-state index contributed by atoms with van der Waals surface area (Å²) >= 11 is 0. The van der Waals surface area contributed by atoms with Crippen molar-refractivity contribution in [3.63, 3.8) is 0 Å². The number of anilines is 5. The van der Waals surface area contributed by atoms with Crippen LogP contribution in [0.3, 0.4) is 0 Å². The van der Waals surface area contributed by atoms with Crippen LogP contribution in [0.4, 0.5) is 34.0 Å². The van der Waals surface area contributed by atoms with Crippen molar-refractivity contribution < 1.29 is 14.7 Å². The van der Waals surface area contributed by atoms with Crippen LogP contribution in [-0.2, 0) is 4.79 Å². The van der Waals surface area contributed by atoms with E-state index < -0.39 is 0 Å². The molecule has 5 fully saturated rings. The van der Waals surface area contributed by atoms with Gasteiger partial charge in [0.25, 0.3) is 0 Å². The monoisotopic (exact) mass is 792 g/mol. The van der Waals surface area contributed by atoms with E-state index in [1.165, 1.54) is 30.4 Å². The zero-order valence-electron chi connectivity index (χ0n) is 33.0. The molecule has 4 aliphatic carbocycles. The van der Waals surface area contributed by atoms with E-state index in [1.54, 1.807) is 6.20 Å². The van der Waals surface area contributed by atoms with Gasteiger partial charge in [0.1, 0.15) is 23.9 Å². The molecule has 0 bridgehead atoms. The second-order valence-corrected chi connectivity index (χ2v) is 16.8. The summed E-state index contributed by atoms with van der Waals surface area (Å²) in [6.07, 6.45) is 20.5. The first-order valence-corrected chi connectivity index (χ1v) is 20.8. The van der Waals surface area contributed by atoms with Gasteiger partial charge in [-0.1, -0.05) is 18.2 Å². The zero-order chi connectivity index (χ0) is 40.0. The van der Waals surface area contributed by atoms with Crippen LogP contribution in [0, 0.1) is 0 Å². The Morgan fingerprint density at radius 3 is 1.75 bits per heavy atom. The molecule has 1 saturated heterocycles. The van der Waals surface area contributed by atoms with Crippen LogP contribution in [0.5, 0.6) is 5.75 Å². The Morgan fingerprint density at radius 2 is 1.20 bits per heavy atom. The molecule has 2 unspecified atom stereocenters. The maximum absolute atomic E-state index is 12.3. The number of pyridine rings is 2. The van der Waals surface area contributed by atoms with E-state index in [-0.39, 0.29) is 42.4 Å². The summed E-state index contributed by atoms with van der Waals surface area (Å²) in [6.45, 7) is 0.0300. The molecule has 10 rings (SSSR count). The van der Waals surface area contributed by atoms with Crippen LogP contribution in [0.25, 0.3) is 11.1 Å². The third-order valence-electron chi connectivity index (χ3n) is 12.6. The molecule has 1 aliphatic heterocycles. The molecule has 6 atom stereocenters. The highest BCUT2D eigenvalue weighted by atomic mass is 16.3. The number of phenolic OH excluding ortho intramolecular Hbond substituents is 1. The Morgan fingerprint density at radius 1 is 0.610 bits per heavy atom. The summed E-state index contributed by atoms with van der Waals surface area (Å²) in [7, 11) is 1.49. The van der Waals surface area contributed by atoms with E-state index in [9.17, 15) is 14.7 Å². The van der Waals surface area contributed by atoms with Crippen LogP contribution in [-0.4, -0.2) is 89.6 Å². The number of phenols is 1. The highest BCUT2D eigenvalue weighted by Crippen LogP contribution is 2.57. The Labute approximate surface area is 342 Å². The molecule has 4 aromatic heterocycles. The van der Waals surface area contributed by atoms with Crippen LogP contribution in [0.1, 0.15) is 92.2 Å². The molecule has 5 aromatic rings. The number of rotatable bonds is 13. The molecular weight excluding hydrogens is 745 g/mol. The van der Waals surface area contributed by atoms with E-state index in [0.29, 0.717) is 41.3 Å². The normalized spacial score (nSPS) is 25.0. The Bertz CT molecular complexity index is 2320. The number of nitrogens with one attached hydrogen (secondary N) is 4. The largest absolute Gasteiger partial charge is 0.507 e. The zero-order valence-corrected chi connectivity index (χ0v) is 33.0. The summed E-state index contributed by atoms with van der Waals surface area (Å²) in [6, 6.07) is 14.4. The van der Waals surface area contributed by atoms with E-state index in [1.807, 2.05) is 73.4 Å². The van der Waals surface area contributed by atoms with Gasteiger partial charge in [0.15, 0.2) is 0 Å². The number of para-hydroxylation sites is 1. The van der Waals surface area contributed by atoms with Crippen LogP contribution >= 0.6 is 0 Å². The number of benzene rings is 1. The Balaban J connectivity index is 0.693. The summed E-state index contributed by atoms with van der Waals surface area (Å²) in [5.41, 5.74) is 5.51. The van der Waals surface area contributed by atoms with Gasteiger partial charge in [0.2, 0.25) is 17.8 Å². The predicted molar refractivity (Wildman–Crippen MR) is 225 cm³/mol. The molecule has 0 spiro atoms. The topological polar surface area (TPSA) is 186 Å². The first kappa shape index (κ1) is 36.9. The van der Waals surface area contributed by atoms with Gasteiger partial charge in [-0.3, -0.25) is 14.6 Å². The van der Waals surface area contributed by atoms with Gasteiger partial charge >= 0.3 is 6.03 Å². The number of carbonyl (C=O) groups is 2. The summed E-state index contributed by atoms with van der Waals surface area (Å²) in [5, 5.41) is 25.6. The van der Waals surface area contributed by atoms with Gasteiger partial charge in [-0.05, 0) is 116 Å². The third kappa shape index (κ3) is 7.93. The van der Waals surface area contributed by atoms with E-state index in [4.69, 9.17) is 4.98 Å². The van der Waals surface area contributed by atoms with Gasteiger partial charge in [-0.25, -0.2) is 34.7 Å². The number of amides is 3. The first-order chi connectivity index (χ1) is 28.8. The Kier molecular flexibility index (Phi) is 9.65. The second kappa shape index (κ2) is 15.4. The highest BCUT2D eigenvalue weighted by Gasteiger charge is 2.42. The minimum Gasteiger partial charge on any atom is -0.507 e. The molecule has 0 radical (unpaired) electrons. The van der Waals surface area contributed by atoms with E-state index >= 15 is 0 Å². The molecule has 15 nitrogen and oxygen atoms in total. The molecule has 59 heavy (non-hydrogen) atoms. The van der Waals surface area contributed by atoms with Gasteiger partial charge in [-0.2, -0.15) is 0 Å². The van der Waals surface area contributed by atoms with E-state index in [0.717, 1.165) is 83.7 Å². The predicted octanol–water partition coefficient (Wildman–Crippen LogP) is 6.87. The number of aromatic hydroxyl groups is 1. The third-order valence-corrected chi connectivity index (χ3v) is 12.6. The summed E-state index contributed by atoms with van der Waals surface area (Å²) < 4.78 is 0. The average Bonchev–Trinajstić information content (AvgIpc) is 4.16. The number of aromatic nitrogens is 6. The van der Waals surface area contributed by atoms with Crippen molar-refractivity contribution in [3.05, 3.63) is 96.3 Å². The Hall–Kier alpha value is -6.38. The average molecular weight is 793 g/mol. The smallest absolute Gasteiger partial charge is 0.331 e. The fourth-order valence-corrected chi connectivity index (χ4v) is 8.98. The van der Waals surface area contributed by atoms with Crippen LogP contribution in [0.15, 0.2) is 79.6 Å². The SMILES string of the molecule is CN1C(=O)CN(c2ccc(N[C@H]3CC[C@H](Nc4ncc(C5CC5c5cccc(-c6ccc(N[C@H]7CC[C@H](Nc8ncc(C9CC9)cn8)C7)nc6)c5O)cn4)C3)nc2)C1=O. The molecule has 5 heterocycles. The minimum absolute atomic E-state index is 0.0300. The maximum Gasteiger partial charge on any atom is 0.331 e. The van der Waals surface area contributed by atoms with Crippen molar-refractivity contribution in [2.24, 2.45) is 0 Å². The first-order valence-electron chi connectivity index (χ1n) is 20.8. The number of nitrogens with zero attached hydrogens (tertiary/aromatic N) is 8. The van der Waals surface area contributed by atoms with E-state index in [2.05, 4.69) is 46.2 Å². The van der Waals surface area contributed by atoms with Gasteiger partial charge in [0.05, 0.1) is 11.9 Å². The maximum atomic E-state index is 12.3. The molecular formula is C44H48N12O3. The number of likely N-dealkylation sites (N-methyl/N-ethyl adjacent to an activating group) is 1. The lowest BCUT2D eigenvalue weighted by atomic mass is 9.98. The molecule has 5 aliphatic rings. The highest BCUT2D eigenvalue weighted by molar-refractivity contribution is 6.11. The van der Waals surface area contributed by atoms with Gasteiger partial charge in [0, 0.05) is 73.3 Å². The molecule has 5 N–H and O–H groups in total. The molecule has 1 aromatic carbocycles. The van der Waals surface area contributed by atoms with Crippen molar-refractivity contribution in [2.45, 2.75) is 99.7 Å². The lowest BCUT2D eigenvalue weighted by molar-refractivity contribution is -0.123. The minimum atomic E-state index is -0.341. The molecule has 4 saturated carbocycles. The number of hydrogen-bond donors (Lipinski definition) is 5.